The molecule has 0 spiro atoms. The summed E-state index contributed by atoms with van der Waals surface area (Å²) in [4.78, 5) is 24.7. The summed E-state index contributed by atoms with van der Waals surface area (Å²) >= 11 is 0. The molecule has 0 radical (unpaired) electrons. The average molecular weight is 270 g/mol. The lowest BCUT2D eigenvalue weighted by molar-refractivity contribution is -0.149. The molecule has 2 rings (SSSR count). The van der Waals surface area contributed by atoms with Gasteiger partial charge in [-0.1, -0.05) is 0 Å². The molecule has 0 aromatic carbocycles. The molecule has 108 valence electrons. The average Bonchev–Trinajstić information content (AvgIpc) is 3.05. The van der Waals surface area contributed by atoms with Gasteiger partial charge < -0.3 is 20.1 Å². The molecule has 0 aliphatic carbocycles. The largest absolute Gasteiger partial charge is 0.479 e. The fourth-order valence-corrected chi connectivity index (χ4v) is 2.62. The van der Waals surface area contributed by atoms with E-state index in [1.165, 1.54) is 12.8 Å². The minimum absolute atomic E-state index is 0.0225. The highest BCUT2D eigenvalue weighted by atomic mass is 16.5. The Bertz CT molecular complexity index is 329. The van der Waals surface area contributed by atoms with Gasteiger partial charge in [0.15, 0.2) is 6.10 Å². The lowest BCUT2D eigenvalue weighted by Crippen LogP contribution is -2.35. The molecule has 19 heavy (non-hydrogen) atoms. The van der Waals surface area contributed by atoms with E-state index in [4.69, 9.17) is 9.84 Å². The molecule has 0 aromatic heterocycles. The second-order valence-corrected chi connectivity index (χ2v) is 5.27. The molecule has 0 bridgehead atoms. The Kier molecular flexibility index (Phi) is 5.15. The van der Waals surface area contributed by atoms with Crippen LogP contribution in [-0.4, -0.2) is 60.3 Å². The van der Waals surface area contributed by atoms with Gasteiger partial charge in [0, 0.05) is 19.5 Å². The van der Waals surface area contributed by atoms with Crippen molar-refractivity contribution in [1.82, 2.24) is 10.2 Å². The zero-order chi connectivity index (χ0) is 13.7. The third kappa shape index (κ3) is 4.47. The standard InChI is InChI=1S/C13H22N2O4/c16-12(5-8-15-6-1-2-7-15)14-9-10-3-4-11(19-10)13(17)18/h10-11H,1-9H2,(H,14,16)(H,17,18). The summed E-state index contributed by atoms with van der Waals surface area (Å²) in [6, 6.07) is 0. The first kappa shape index (κ1) is 14.3. The molecule has 2 unspecified atom stereocenters. The second kappa shape index (κ2) is 6.86. The Balaban J connectivity index is 1.57. The number of carbonyl (C=O) groups excluding carboxylic acids is 1. The Morgan fingerprint density at radius 1 is 1.26 bits per heavy atom. The van der Waals surface area contributed by atoms with Gasteiger partial charge in [-0.15, -0.1) is 0 Å². The predicted molar refractivity (Wildman–Crippen MR) is 68.8 cm³/mol. The number of nitrogens with one attached hydrogen (secondary N) is 1. The van der Waals surface area contributed by atoms with E-state index in [0.29, 0.717) is 25.8 Å². The van der Waals surface area contributed by atoms with Crippen LogP contribution >= 0.6 is 0 Å². The van der Waals surface area contributed by atoms with E-state index in [1.807, 2.05) is 0 Å². The van der Waals surface area contributed by atoms with Crippen LogP contribution in [-0.2, 0) is 14.3 Å². The summed E-state index contributed by atoms with van der Waals surface area (Å²) in [6.07, 6.45) is 3.34. The van der Waals surface area contributed by atoms with Gasteiger partial charge in [0.25, 0.3) is 0 Å². The minimum atomic E-state index is -0.914. The first-order chi connectivity index (χ1) is 9.15. The van der Waals surface area contributed by atoms with Crippen molar-refractivity contribution >= 4 is 11.9 Å². The van der Waals surface area contributed by atoms with Gasteiger partial charge in [0.2, 0.25) is 5.91 Å². The molecule has 2 aliphatic rings. The summed E-state index contributed by atoms with van der Waals surface area (Å²) in [5, 5.41) is 11.6. The third-order valence-electron chi connectivity index (χ3n) is 3.76. The number of carbonyl (C=O) groups is 2. The van der Waals surface area contributed by atoms with Crippen molar-refractivity contribution in [3.05, 3.63) is 0 Å². The topological polar surface area (TPSA) is 78.9 Å². The zero-order valence-corrected chi connectivity index (χ0v) is 11.1. The van der Waals surface area contributed by atoms with Crippen molar-refractivity contribution in [3.8, 4) is 0 Å². The van der Waals surface area contributed by atoms with E-state index < -0.39 is 12.1 Å². The Labute approximate surface area is 113 Å². The maximum Gasteiger partial charge on any atom is 0.332 e. The van der Waals surface area contributed by atoms with Crippen molar-refractivity contribution in [1.29, 1.82) is 0 Å². The number of hydrogen-bond acceptors (Lipinski definition) is 4. The highest BCUT2D eigenvalue weighted by Gasteiger charge is 2.30. The number of carboxylic acid groups (broad SMARTS) is 1. The summed E-state index contributed by atoms with van der Waals surface area (Å²) in [5.41, 5.74) is 0. The highest BCUT2D eigenvalue weighted by molar-refractivity contribution is 5.76. The highest BCUT2D eigenvalue weighted by Crippen LogP contribution is 2.19. The minimum Gasteiger partial charge on any atom is -0.479 e. The first-order valence-corrected chi connectivity index (χ1v) is 7.02. The molecule has 6 heteroatoms. The van der Waals surface area contributed by atoms with E-state index >= 15 is 0 Å². The van der Waals surface area contributed by atoms with Gasteiger partial charge in [-0.3, -0.25) is 4.79 Å². The SMILES string of the molecule is O=C(CCN1CCCC1)NCC1CCC(C(=O)O)O1. The van der Waals surface area contributed by atoms with Gasteiger partial charge >= 0.3 is 5.97 Å². The number of hydrogen-bond donors (Lipinski definition) is 2. The molecule has 2 N–H and O–H groups in total. The van der Waals surface area contributed by atoms with Crippen LogP contribution in [0.3, 0.4) is 0 Å². The number of ether oxygens (including phenoxy) is 1. The van der Waals surface area contributed by atoms with E-state index in [2.05, 4.69) is 10.2 Å². The van der Waals surface area contributed by atoms with E-state index in [0.717, 1.165) is 19.6 Å². The fraction of sp³-hybridized carbons (Fsp3) is 0.846. The first-order valence-electron chi connectivity index (χ1n) is 7.02. The van der Waals surface area contributed by atoms with Crippen LogP contribution in [0.15, 0.2) is 0 Å². The smallest absolute Gasteiger partial charge is 0.332 e. The second-order valence-electron chi connectivity index (χ2n) is 5.27. The number of rotatable bonds is 6. The number of likely N-dealkylation sites (tertiary alicyclic amines) is 1. The summed E-state index contributed by atoms with van der Waals surface area (Å²) in [7, 11) is 0. The van der Waals surface area contributed by atoms with Crippen LogP contribution in [0.25, 0.3) is 0 Å². The monoisotopic (exact) mass is 270 g/mol. The van der Waals surface area contributed by atoms with E-state index in [9.17, 15) is 9.59 Å². The number of aliphatic carboxylic acids is 1. The molecule has 6 nitrogen and oxygen atoms in total. The van der Waals surface area contributed by atoms with Crippen LogP contribution in [0.5, 0.6) is 0 Å². The molecule has 2 heterocycles. The maximum absolute atomic E-state index is 11.7. The predicted octanol–water partition coefficient (Wildman–Crippen LogP) is 0.221. The molecular weight excluding hydrogens is 248 g/mol. The number of nitrogens with zero attached hydrogens (tertiary/aromatic N) is 1. The zero-order valence-electron chi connectivity index (χ0n) is 11.1. The molecule has 1 amide bonds. The van der Waals surface area contributed by atoms with Gasteiger partial charge in [-0.2, -0.15) is 0 Å². The molecule has 2 saturated heterocycles. The van der Waals surface area contributed by atoms with Crippen molar-refractivity contribution in [2.75, 3.05) is 26.2 Å². The Morgan fingerprint density at radius 3 is 2.63 bits per heavy atom. The van der Waals surface area contributed by atoms with Gasteiger partial charge in [-0.05, 0) is 38.8 Å². The quantitative estimate of drug-likeness (QED) is 0.722. The van der Waals surface area contributed by atoms with Crippen LogP contribution in [0.1, 0.15) is 32.1 Å². The summed E-state index contributed by atoms with van der Waals surface area (Å²) < 4.78 is 5.33. The molecule has 2 fully saturated rings. The van der Waals surface area contributed by atoms with E-state index in [1.54, 1.807) is 0 Å². The third-order valence-corrected chi connectivity index (χ3v) is 3.76. The van der Waals surface area contributed by atoms with Crippen molar-refractivity contribution in [2.45, 2.75) is 44.3 Å². The van der Waals surface area contributed by atoms with Crippen LogP contribution < -0.4 is 5.32 Å². The van der Waals surface area contributed by atoms with Gasteiger partial charge in [-0.25, -0.2) is 4.79 Å². The van der Waals surface area contributed by atoms with Gasteiger partial charge in [0.05, 0.1) is 6.10 Å². The number of carboxylic acids is 1. The fourth-order valence-electron chi connectivity index (χ4n) is 2.62. The Hall–Kier alpha value is -1.14. The van der Waals surface area contributed by atoms with Crippen molar-refractivity contribution in [2.24, 2.45) is 0 Å². The Morgan fingerprint density at radius 2 is 2.00 bits per heavy atom. The van der Waals surface area contributed by atoms with Crippen molar-refractivity contribution in [3.63, 3.8) is 0 Å². The van der Waals surface area contributed by atoms with E-state index in [-0.39, 0.29) is 12.0 Å². The molecule has 0 saturated carbocycles. The number of amides is 1. The lowest BCUT2D eigenvalue weighted by Gasteiger charge is -2.15. The normalized spacial score (nSPS) is 27.6. The molecule has 0 aromatic rings. The lowest BCUT2D eigenvalue weighted by atomic mass is 10.2. The van der Waals surface area contributed by atoms with Crippen molar-refractivity contribution < 1.29 is 19.4 Å². The summed E-state index contributed by atoms with van der Waals surface area (Å²) in [6.45, 7) is 3.43. The van der Waals surface area contributed by atoms with Crippen LogP contribution in [0.4, 0.5) is 0 Å². The van der Waals surface area contributed by atoms with Crippen LogP contribution in [0.2, 0.25) is 0 Å². The summed E-state index contributed by atoms with van der Waals surface area (Å²) in [5.74, 6) is -0.892. The molecule has 2 aliphatic heterocycles. The maximum atomic E-state index is 11.7. The van der Waals surface area contributed by atoms with Gasteiger partial charge in [0.1, 0.15) is 0 Å². The molecular formula is C13H22N2O4. The van der Waals surface area contributed by atoms with Crippen LogP contribution in [0, 0.1) is 0 Å². The molecule has 2 atom stereocenters.